The van der Waals surface area contributed by atoms with Gasteiger partial charge in [0, 0.05) is 30.5 Å². The van der Waals surface area contributed by atoms with Crippen LogP contribution < -0.4 is 15.0 Å². The number of hydrogen-bond acceptors (Lipinski definition) is 7. The van der Waals surface area contributed by atoms with Crippen molar-refractivity contribution in [2.75, 3.05) is 32.2 Å². The lowest BCUT2D eigenvalue weighted by Gasteiger charge is -2.32. The number of esters is 1. The number of amides is 1. The van der Waals surface area contributed by atoms with Crippen LogP contribution in [0.4, 0.5) is 5.95 Å². The van der Waals surface area contributed by atoms with Crippen LogP contribution in [0.3, 0.4) is 0 Å². The second-order valence-corrected chi connectivity index (χ2v) is 8.13. The van der Waals surface area contributed by atoms with Crippen molar-refractivity contribution in [3.8, 4) is 5.75 Å². The number of carbonyl (C=O) groups excluding carboxylic acids is 2. The Kier molecular flexibility index (Phi) is 6.72. The van der Waals surface area contributed by atoms with E-state index in [1.54, 1.807) is 19.2 Å². The normalized spacial score (nSPS) is 15.2. The molecule has 1 atom stereocenters. The van der Waals surface area contributed by atoms with Crippen LogP contribution in [0.5, 0.6) is 5.75 Å². The highest BCUT2D eigenvalue weighted by atomic mass is 16.5. The largest absolute Gasteiger partial charge is 0.497 e. The molecule has 1 saturated heterocycles. The van der Waals surface area contributed by atoms with Crippen LogP contribution in [0, 0.1) is 12.8 Å². The Balaban J connectivity index is 1.44. The molecule has 4 rings (SSSR count). The quantitative estimate of drug-likeness (QED) is 0.579. The monoisotopic (exact) mass is 448 g/mol. The molecule has 0 spiro atoms. The number of fused-ring (bicyclic) bond motifs is 1. The predicted octanol–water partition coefficient (Wildman–Crippen LogP) is 3.19. The molecule has 1 N–H and O–H groups in total. The van der Waals surface area contributed by atoms with Crippen LogP contribution in [-0.4, -0.2) is 49.2 Å². The molecule has 172 valence electrons. The van der Waals surface area contributed by atoms with E-state index in [0.29, 0.717) is 37.4 Å². The fourth-order valence-electron chi connectivity index (χ4n) is 4.16. The van der Waals surface area contributed by atoms with Gasteiger partial charge in [0.2, 0.25) is 11.9 Å². The molecule has 1 fully saturated rings. The summed E-state index contributed by atoms with van der Waals surface area (Å²) in [5.74, 6) is 0.583. The molecule has 0 aliphatic carbocycles. The van der Waals surface area contributed by atoms with Crippen molar-refractivity contribution >= 4 is 28.7 Å². The van der Waals surface area contributed by atoms with Crippen LogP contribution in [0.15, 0.2) is 48.5 Å². The van der Waals surface area contributed by atoms with Crippen LogP contribution in [0.2, 0.25) is 0 Å². The summed E-state index contributed by atoms with van der Waals surface area (Å²) in [5, 5.41) is 3.87. The first-order valence-electron chi connectivity index (χ1n) is 11.0. The van der Waals surface area contributed by atoms with Gasteiger partial charge in [-0.25, -0.2) is 14.8 Å². The van der Waals surface area contributed by atoms with Gasteiger partial charge in [0.15, 0.2) is 6.04 Å². The van der Waals surface area contributed by atoms with E-state index in [-0.39, 0.29) is 11.8 Å². The highest BCUT2D eigenvalue weighted by molar-refractivity contribution is 5.87. The summed E-state index contributed by atoms with van der Waals surface area (Å²) in [6, 6.07) is 14.1. The van der Waals surface area contributed by atoms with E-state index in [9.17, 15) is 9.59 Å². The van der Waals surface area contributed by atoms with Crippen molar-refractivity contribution in [1.29, 1.82) is 0 Å². The van der Waals surface area contributed by atoms with Crippen molar-refractivity contribution < 1.29 is 19.1 Å². The van der Waals surface area contributed by atoms with Crippen molar-refractivity contribution in [2.24, 2.45) is 5.92 Å². The van der Waals surface area contributed by atoms with E-state index in [1.165, 1.54) is 7.11 Å². The lowest BCUT2D eigenvalue weighted by atomic mass is 9.95. The Hall–Kier alpha value is -3.68. The van der Waals surface area contributed by atoms with Gasteiger partial charge in [-0.05, 0) is 37.5 Å². The molecule has 8 nitrogen and oxygen atoms in total. The zero-order valence-electron chi connectivity index (χ0n) is 19.1. The van der Waals surface area contributed by atoms with E-state index < -0.39 is 12.0 Å². The molecule has 8 heteroatoms. The maximum Gasteiger partial charge on any atom is 0.333 e. The van der Waals surface area contributed by atoms with Crippen LogP contribution in [-0.2, 0) is 14.3 Å². The number of nitrogens with zero attached hydrogens (tertiary/aromatic N) is 3. The first kappa shape index (κ1) is 22.5. The predicted molar refractivity (Wildman–Crippen MR) is 125 cm³/mol. The summed E-state index contributed by atoms with van der Waals surface area (Å²) < 4.78 is 10.2. The molecule has 2 aromatic carbocycles. The summed E-state index contributed by atoms with van der Waals surface area (Å²) in [7, 11) is 2.96. The average Bonchev–Trinajstić information content (AvgIpc) is 2.86. The average molecular weight is 449 g/mol. The number of rotatable bonds is 6. The van der Waals surface area contributed by atoms with E-state index in [2.05, 4.69) is 15.2 Å². The van der Waals surface area contributed by atoms with Gasteiger partial charge in [0.1, 0.15) is 5.75 Å². The molecule has 2 heterocycles. The summed E-state index contributed by atoms with van der Waals surface area (Å²) in [5.41, 5.74) is 2.44. The number of benzene rings is 2. The second kappa shape index (κ2) is 9.85. The molecule has 3 aromatic rings. The van der Waals surface area contributed by atoms with E-state index >= 15 is 0 Å². The van der Waals surface area contributed by atoms with Gasteiger partial charge in [-0.2, -0.15) is 0 Å². The highest BCUT2D eigenvalue weighted by Crippen LogP contribution is 2.27. The molecule has 0 unspecified atom stereocenters. The topological polar surface area (TPSA) is 93.7 Å². The van der Waals surface area contributed by atoms with Gasteiger partial charge in [-0.1, -0.05) is 30.3 Å². The number of piperidine rings is 1. The van der Waals surface area contributed by atoms with Gasteiger partial charge in [0.05, 0.1) is 25.4 Å². The number of nitrogens with one attached hydrogen (secondary N) is 1. The zero-order valence-corrected chi connectivity index (χ0v) is 19.1. The number of aryl methyl sites for hydroxylation is 1. The Labute approximate surface area is 192 Å². The van der Waals surface area contributed by atoms with E-state index in [1.807, 2.05) is 43.3 Å². The summed E-state index contributed by atoms with van der Waals surface area (Å²) >= 11 is 0. The minimum absolute atomic E-state index is 0.144. The Morgan fingerprint density at radius 1 is 1.06 bits per heavy atom. The molecule has 1 aromatic heterocycles. The second-order valence-electron chi connectivity index (χ2n) is 8.13. The molecule has 1 aliphatic heterocycles. The maximum atomic E-state index is 13.0. The Bertz CT molecular complexity index is 1140. The zero-order chi connectivity index (χ0) is 23.4. The van der Waals surface area contributed by atoms with Gasteiger partial charge >= 0.3 is 5.97 Å². The van der Waals surface area contributed by atoms with E-state index in [0.717, 1.165) is 22.3 Å². The molecular formula is C25H28N4O4. The van der Waals surface area contributed by atoms with Gasteiger partial charge in [-0.3, -0.25) is 4.79 Å². The standard InChI is InChI=1S/C25H28N4O4/c1-16-20-10-9-19(32-2)15-21(20)27-25(26-16)29-13-11-18(12-14-29)23(30)28-22(24(31)33-3)17-7-5-4-6-8-17/h4-10,15,18,22H,11-14H2,1-3H3,(H,28,30)/t22-/m0/s1. The lowest BCUT2D eigenvalue weighted by molar-refractivity contribution is -0.146. The van der Waals surface area contributed by atoms with Gasteiger partial charge in [0.25, 0.3) is 0 Å². The molecule has 33 heavy (non-hydrogen) atoms. The van der Waals surface area contributed by atoms with Crippen molar-refractivity contribution in [3.63, 3.8) is 0 Å². The molecular weight excluding hydrogens is 420 g/mol. The van der Waals surface area contributed by atoms with Crippen LogP contribution in [0.25, 0.3) is 10.9 Å². The van der Waals surface area contributed by atoms with Crippen molar-refractivity contribution in [3.05, 3.63) is 59.8 Å². The van der Waals surface area contributed by atoms with Gasteiger partial charge < -0.3 is 19.7 Å². The third kappa shape index (κ3) is 4.89. The van der Waals surface area contributed by atoms with Gasteiger partial charge in [-0.15, -0.1) is 0 Å². The van der Waals surface area contributed by atoms with E-state index in [4.69, 9.17) is 14.5 Å². The first-order valence-corrected chi connectivity index (χ1v) is 11.0. The highest BCUT2D eigenvalue weighted by Gasteiger charge is 2.30. The number of anilines is 1. The van der Waals surface area contributed by atoms with Crippen LogP contribution >= 0.6 is 0 Å². The lowest BCUT2D eigenvalue weighted by Crippen LogP contribution is -2.43. The number of methoxy groups -OCH3 is 2. The number of carbonyl (C=O) groups is 2. The SMILES string of the molecule is COC(=O)[C@@H](NC(=O)C1CCN(c2nc(C)c3ccc(OC)cc3n2)CC1)c1ccccc1. The van der Waals surface area contributed by atoms with Crippen molar-refractivity contribution in [1.82, 2.24) is 15.3 Å². The summed E-state index contributed by atoms with van der Waals surface area (Å²) in [4.78, 5) is 36.8. The molecule has 1 aliphatic rings. The molecule has 0 bridgehead atoms. The van der Waals surface area contributed by atoms with Crippen LogP contribution in [0.1, 0.15) is 30.1 Å². The van der Waals surface area contributed by atoms with Crippen molar-refractivity contribution in [2.45, 2.75) is 25.8 Å². The number of ether oxygens (including phenoxy) is 2. The fraction of sp³-hybridized carbons (Fsp3) is 0.360. The molecule has 0 saturated carbocycles. The number of hydrogen-bond donors (Lipinski definition) is 1. The maximum absolute atomic E-state index is 13.0. The summed E-state index contributed by atoms with van der Waals surface area (Å²) in [6.45, 7) is 3.28. The number of aromatic nitrogens is 2. The Morgan fingerprint density at radius 3 is 2.45 bits per heavy atom. The Morgan fingerprint density at radius 2 is 1.79 bits per heavy atom. The third-order valence-electron chi connectivity index (χ3n) is 6.09. The molecule has 1 amide bonds. The minimum atomic E-state index is -0.816. The molecule has 0 radical (unpaired) electrons. The first-order chi connectivity index (χ1) is 16.0. The summed E-state index contributed by atoms with van der Waals surface area (Å²) in [6.07, 6.45) is 1.29. The third-order valence-corrected chi connectivity index (χ3v) is 6.09. The smallest absolute Gasteiger partial charge is 0.333 e. The fourth-order valence-corrected chi connectivity index (χ4v) is 4.16. The minimum Gasteiger partial charge on any atom is -0.497 e.